The van der Waals surface area contributed by atoms with E-state index in [4.69, 9.17) is 17.0 Å². The van der Waals surface area contributed by atoms with Crippen molar-refractivity contribution in [2.75, 3.05) is 32.1 Å². The molecular weight excluding hydrogens is 354 g/mol. The predicted molar refractivity (Wildman–Crippen MR) is 117 cm³/mol. The fourth-order valence-corrected chi connectivity index (χ4v) is 4.91. The zero-order valence-corrected chi connectivity index (χ0v) is 17.8. The number of hydrogen-bond donors (Lipinski definition) is 2. The lowest BCUT2D eigenvalue weighted by Crippen LogP contribution is -3.17. The zero-order valence-electron chi connectivity index (χ0n) is 17.0. The maximum atomic E-state index is 5.66. The minimum atomic E-state index is 0.692. The number of benzene rings is 1. The van der Waals surface area contributed by atoms with E-state index in [1.165, 1.54) is 51.4 Å². The number of likely N-dealkylation sites (tertiary alicyclic amines) is 1. The first-order chi connectivity index (χ1) is 13.2. The summed E-state index contributed by atoms with van der Waals surface area (Å²) in [5.74, 6) is 0.902. The van der Waals surface area contributed by atoms with E-state index in [9.17, 15) is 0 Å². The van der Waals surface area contributed by atoms with Crippen molar-refractivity contribution in [3.63, 3.8) is 0 Å². The zero-order chi connectivity index (χ0) is 19.1. The van der Waals surface area contributed by atoms with Gasteiger partial charge in [-0.05, 0) is 69.1 Å². The van der Waals surface area contributed by atoms with Gasteiger partial charge < -0.3 is 19.9 Å². The minimum absolute atomic E-state index is 0.692. The molecule has 27 heavy (non-hydrogen) atoms. The van der Waals surface area contributed by atoms with E-state index in [0.29, 0.717) is 6.61 Å². The molecule has 1 aliphatic heterocycles. The van der Waals surface area contributed by atoms with Gasteiger partial charge in [-0.1, -0.05) is 12.8 Å². The molecule has 1 aromatic carbocycles. The lowest BCUT2D eigenvalue weighted by Gasteiger charge is -2.38. The Bertz CT molecular complexity index is 576. The number of thiocarbonyl (C=S) groups is 1. The van der Waals surface area contributed by atoms with Crippen molar-refractivity contribution < 1.29 is 9.64 Å². The fourth-order valence-electron chi connectivity index (χ4n) is 4.61. The highest BCUT2D eigenvalue weighted by Crippen LogP contribution is 2.19. The molecule has 1 saturated carbocycles. The van der Waals surface area contributed by atoms with Gasteiger partial charge in [-0.3, -0.25) is 0 Å². The smallest absolute Gasteiger partial charge is 0.173 e. The molecule has 2 fully saturated rings. The van der Waals surface area contributed by atoms with Crippen LogP contribution in [0.4, 0.5) is 5.69 Å². The summed E-state index contributed by atoms with van der Waals surface area (Å²) in [7, 11) is 2.44. The van der Waals surface area contributed by atoms with Gasteiger partial charge in [0.05, 0.1) is 25.7 Å². The normalized spacial score (nSPS) is 20.7. The number of piperidine rings is 1. The number of nitrogens with one attached hydrogen (secondary N) is 2. The summed E-state index contributed by atoms with van der Waals surface area (Å²) in [4.78, 5) is 4.12. The average Bonchev–Trinajstić information content (AvgIpc) is 2.99. The van der Waals surface area contributed by atoms with Crippen LogP contribution in [0.2, 0.25) is 0 Å². The Hall–Kier alpha value is -1.33. The van der Waals surface area contributed by atoms with Gasteiger partial charge in [0, 0.05) is 31.6 Å². The van der Waals surface area contributed by atoms with Gasteiger partial charge in [-0.15, -0.1) is 0 Å². The van der Waals surface area contributed by atoms with Crippen LogP contribution in [-0.4, -0.2) is 48.8 Å². The summed E-state index contributed by atoms with van der Waals surface area (Å²) in [6.45, 7) is 4.83. The van der Waals surface area contributed by atoms with Gasteiger partial charge in [0.2, 0.25) is 0 Å². The molecule has 1 unspecified atom stereocenters. The summed E-state index contributed by atoms with van der Waals surface area (Å²) < 4.78 is 5.50. The molecular formula is C22H36N3OS+. The molecule has 2 aliphatic rings. The first-order valence-corrected chi connectivity index (χ1v) is 11.2. The summed E-state index contributed by atoms with van der Waals surface area (Å²) >= 11 is 5.66. The van der Waals surface area contributed by atoms with Gasteiger partial charge in [0.25, 0.3) is 0 Å². The number of quaternary nitrogens is 1. The standard InChI is InChI=1S/C22H35N3OS/c1-3-26-21-12-10-18(11-13-21)23-22(27)25-16-14-20(15-17-25)24(2)19-8-6-4-5-7-9-19/h10-13,19-20H,3-9,14-17H2,1-2H3,(H,23,27)/p+1. The molecule has 0 amide bonds. The van der Waals surface area contributed by atoms with E-state index in [1.54, 1.807) is 4.90 Å². The van der Waals surface area contributed by atoms with Crippen LogP contribution in [0.5, 0.6) is 5.75 Å². The Morgan fingerprint density at radius 1 is 1.04 bits per heavy atom. The lowest BCUT2D eigenvalue weighted by molar-refractivity contribution is -0.933. The quantitative estimate of drug-likeness (QED) is 0.595. The van der Waals surface area contributed by atoms with Crippen LogP contribution in [0.3, 0.4) is 0 Å². The van der Waals surface area contributed by atoms with E-state index < -0.39 is 0 Å². The van der Waals surface area contributed by atoms with Crippen LogP contribution in [-0.2, 0) is 0 Å². The van der Waals surface area contributed by atoms with Gasteiger partial charge in [-0.25, -0.2) is 0 Å². The number of hydrogen-bond acceptors (Lipinski definition) is 2. The maximum Gasteiger partial charge on any atom is 0.173 e. The Kier molecular flexibility index (Phi) is 7.77. The van der Waals surface area contributed by atoms with Crippen molar-refractivity contribution in [2.45, 2.75) is 70.4 Å². The second-order valence-electron chi connectivity index (χ2n) is 8.08. The third kappa shape index (κ3) is 5.82. The molecule has 3 rings (SSSR count). The van der Waals surface area contributed by atoms with E-state index in [-0.39, 0.29) is 0 Å². The van der Waals surface area contributed by atoms with Crippen LogP contribution >= 0.6 is 12.2 Å². The molecule has 0 aromatic heterocycles. The average molecular weight is 391 g/mol. The Morgan fingerprint density at radius 3 is 2.22 bits per heavy atom. The number of anilines is 1. The van der Waals surface area contributed by atoms with Gasteiger partial charge in [0.1, 0.15) is 5.75 Å². The largest absolute Gasteiger partial charge is 0.494 e. The van der Waals surface area contributed by atoms with Crippen molar-refractivity contribution in [1.29, 1.82) is 0 Å². The first kappa shape index (κ1) is 20.4. The van der Waals surface area contributed by atoms with E-state index >= 15 is 0 Å². The van der Waals surface area contributed by atoms with Crippen molar-refractivity contribution in [1.82, 2.24) is 4.90 Å². The van der Waals surface area contributed by atoms with Gasteiger partial charge >= 0.3 is 0 Å². The predicted octanol–water partition coefficient (Wildman–Crippen LogP) is 3.48. The molecule has 1 aliphatic carbocycles. The van der Waals surface area contributed by atoms with Crippen LogP contribution in [0.1, 0.15) is 58.3 Å². The summed E-state index contributed by atoms with van der Waals surface area (Å²) in [5, 5.41) is 4.24. The Labute approximate surface area is 170 Å². The fraction of sp³-hybridized carbons (Fsp3) is 0.682. The highest BCUT2D eigenvalue weighted by atomic mass is 32.1. The molecule has 0 radical (unpaired) electrons. The van der Waals surface area contributed by atoms with E-state index in [2.05, 4.69) is 17.3 Å². The van der Waals surface area contributed by atoms with Gasteiger partial charge in [0.15, 0.2) is 5.11 Å². The minimum Gasteiger partial charge on any atom is -0.494 e. The molecule has 150 valence electrons. The van der Waals surface area contributed by atoms with Crippen molar-refractivity contribution in [3.05, 3.63) is 24.3 Å². The van der Waals surface area contributed by atoms with Crippen molar-refractivity contribution in [2.24, 2.45) is 0 Å². The molecule has 0 bridgehead atoms. The van der Waals surface area contributed by atoms with Crippen LogP contribution in [0.15, 0.2) is 24.3 Å². The monoisotopic (exact) mass is 390 g/mol. The Morgan fingerprint density at radius 2 is 1.63 bits per heavy atom. The SMILES string of the molecule is CCOc1ccc(NC(=S)N2CCC([NH+](C)C3CCCCCC3)CC2)cc1. The third-order valence-corrected chi connectivity index (χ3v) is 6.70. The summed E-state index contributed by atoms with van der Waals surface area (Å²) in [6.07, 6.45) is 11.1. The number of rotatable bonds is 5. The molecule has 1 aromatic rings. The Balaban J connectivity index is 1.45. The molecule has 1 atom stereocenters. The molecule has 2 N–H and O–H groups in total. The second kappa shape index (κ2) is 10.3. The summed E-state index contributed by atoms with van der Waals surface area (Å²) in [6, 6.07) is 9.72. The van der Waals surface area contributed by atoms with Crippen LogP contribution in [0.25, 0.3) is 0 Å². The molecule has 5 heteroatoms. The number of nitrogens with zero attached hydrogens (tertiary/aromatic N) is 1. The van der Waals surface area contributed by atoms with Crippen molar-refractivity contribution in [3.8, 4) is 5.75 Å². The van der Waals surface area contributed by atoms with E-state index in [0.717, 1.165) is 41.7 Å². The first-order valence-electron chi connectivity index (χ1n) is 10.8. The molecule has 4 nitrogen and oxygen atoms in total. The topological polar surface area (TPSA) is 28.9 Å². The number of ether oxygens (including phenoxy) is 1. The lowest BCUT2D eigenvalue weighted by atomic mass is 9.99. The highest BCUT2D eigenvalue weighted by molar-refractivity contribution is 7.80. The maximum absolute atomic E-state index is 5.66. The molecule has 1 saturated heterocycles. The van der Waals surface area contributed by atoms with Gasteiger partial charge in [-0.2, -0.15) is 0 Å². The van der Waals surface area contributed by atoms with E-state index in [1.807, 2.05) is 31.2 Å². The highest BCUT2D eigenvalue weighted by Gasteiger charge is 2.31. The third-order valence-electron chi connectivity index (χ3n) is 6.34. The summed E-state index contributed by atoms with van der Waals surface area (Å²) in [5.41, 5.74) is 1.03. The van der Waals surface area contributed by atoms with Crippen LogP contribution < -0.4 is 15.0 Å². The molecule has 0 spiro atoms. The second-order valence-corrected chi connectivity index (χ2v) is 8.47. The molecule has 1 heterocycles. The van der Waals surface area contributed by atoms with Crippen molar-refractivity contribution >= 4 is 23.0 Å². The van der Waals surface area contributed by atoms with Crippen LogP contribution in [0, 0.1) is 0 Å².